The van der Waals surface area contributed by atoms with E-state index in [0.29, 0.717) is 6.54 Å². The first-order valence-corrected chi connectivity index (χ1v) is 5.96. The molecule has 0 saturated heterocycles. The number of rotatable bonds is 6. The first-order chi connectivity index (χ1) is 7.35. The van der Waals surface area contributed by atoms with Crippen LogP contribution in [0.4, 0.5) is 0 Å². The fraction of sp³-hybridized carbons (Fsp3) is 0.818. The molecule has 0 atom stereocenters. The van der Waals surface area contributed by atoms with Crippen molar-refractivity contribution in [2.24, 2.45) is 11.7 Å². The lowest BCUT2D eigenvalue weighted by molar-refractivity contribution is 0.526. The van der Waals surface area contributed by atoms with Crippen LogP contribution in [-0.2, 0) is 19.5 Å². The van der Waals surface area contributed by atoms with Gasteiger partial charge in [-0.25, -0.2) is 4.68 Å². The third-order valence-corrected chi connectivity index (χ3v) is 3.01. The number of hydrogen-bond donors (Lipinski definition) is 1. The molecular formula is C11H20N4. The van der Waals surface area contributed by atoms with E-state index in [1.807, 2.05) is 0 Å². The first-order valence-electron chi connectivity index (χ1n) is 5.96. The lowest BCUT2D eigenvalue weighted by Crippen LogP contribution is -2.09. The lowest BCUT2D eigenvalue weighted by atomic mass is 10.1. The Morgan fingerprint density at radius 3 is 2.87 bits per heavy atom. The van der Waals surface area contributed by atoms with Gasteiger partial charge in [-0.2, -0.15) is 0 Å². The molecule has 2 rings (SSSR count). The second kappa shape index (κ2) is 4.75. The average molecular weight is 208 g/mol. The minimum absolute atomic E-state index is 0.522. The van der Waals surface area contributed by atoms with Crippen LogP contribution in [0.25, 0.3) is 0 Å². The monoisotopic (exact) mass is 208 g/mol. The Hall–Kier alpha value is -0.900. The van der Waals surface area contributed by atoms with Crippen LogP contribution in [0.1, 0.15) is 44.0 Å². The van der Waals surface area contributed by atoms with Gasteiger partial charge in [-0.1, -0.05) is 18.6 Å². The quantitative estimate of drug-likeness (QED) is 0.770. The van der Waals surface area contributed by atoms with Gasteiger partial charge in [0.1, 0.15) is 0 Å². The summed E-state index contributed by atoms with van der Waals surface area (Å²) < 4.78 is 2.06. The summed E-state index contributed by atoms with van der Waals surface area (Å²) in [5, 5.41) is 8.35. The summed E-state index contributed by atoms with van der Waals surface area (Å²) in [6.07, 6.45) is 6.22. The molecule has 0 bridgehead atoms. The highest BCUT2D eigenvalue weighted by molar-refractivity contribution is 5.12. The standard InChI is InChI=1S/C11H20N4/c1-2-3-6-15-11(7-9-4-5-9)10(8-12)13-14-15/h9H,2-8,12H2,1H3. The molecule has 4 heteroatoms. The van der Waals surface area contributed by atoms with Crippen LogP contribution in [0.5, 0.6) is 0 Å². The van der Waals surface area contributed by atoms with E-state index < -0.39 is 0 Å². The Bertz CT molecular complexity index is 314. The van der Waals surface area contributed by atoms with E-state index >= 15 is 0 Å². The van der Waals surface area contributed by atoms with Crippen molar-refractivity contribution in [2.45, 2.75) is 52.1 Å². The Kier molecular flexibility index (Phi) is 3.36. The summed E-state index contributed by atoms with van der Waals surface area (Å²) in [6, 6.07) is 0. The Morgan fingerprint density at radius 2 is 2.27 bits per heavy atom. The minimum Gasteiger partial charge on any atom is -0.325 e. The number of aryl methyl sites for hydroxylation is 1. The molecule has 4 nitrogen and oxygen atoms in total. The SMILES string of the molecule is CCCCn1nnc(CN)c1CC1CC1. The zero-order valence-corrected chi connectivity index (χ0v) is 9.45. The van der Waals surface area contributed by atoms with Crippen LogP contribution in [0.2, 0.25) is 0 Å². The van der Waals surface area contributed by atoms with Gasteiger partial charge >= 0.3 is 0 Å². The zero-order chi connectivity index (χ0) is 10.7. The van der Waals surface area contributed by atoms with Crippen molar-refractivity contribution in [3.05, 3.63) is 11.4 Å². The van der Waals surface area contributed by atoms with Crippen molar-refractivity contribution in [1.82, 2.24) is 15.0 Å². The van der Waals surface area contributed by atoms with Crippen LogP contribution >= 0.6 is 0 Å². The third kappa shape index (κ3) is 2.56. The molecule has 0 radical (unpaired) electrons. The Balaban J connectivity index is 2.08. The molecule has 1 heterocycles. The largest absolute Gasteiger partial charge is 0.325 e. The lowest BCUT2D eigenvalue weighted by Gasteiger charge is -2.05. The van der Waals surface area contributed by atoms with E-state index in [4.69, 9.17) is 5.73 Å². The molecule has 0 amide bonds. The molecule has 0 aliphatic heterocycles. The van der Waals surface area contributed by atoms with E-state index in [2.05, 4.69) is 21.9 Å². The van der Waals surface area contributed by atoms with Gasteiger partial charge in [0.05, 0.1) is 11.4 Å². The van der Waals surface area contributed by atoms with Crippen molar-refractivity contribution in [3.8, 4) is 0 Å². The molecule has 0 spiro atoms. The number of nitrogens with two attached hydrogens (primary N) is 1. The molecule has 84 valence electrons. The Morgan fingerprint density at radius 1 is 1.47 bits per heavy atom. The zero-order valence-electron chi connectivity index (χ0n) is 9.45. The highest BCUT2D eigenvalue weighted by atomic mass is 15.4. The van der Waals surface area contributed by atoms with Crippen molar-refractivity contribution >= 4 is 0 Å². The molecule has 1 aromatic heterocycles. The van der Waals surface area contributed by atoms with E-state index in [0.717, 1.165) is 24.6 Å². The van der Waals surface area contributed by atoms with Gasteiger partial charge < -0.3 is 5.73 Å². The molecule has 15 heavy (non-hydrogen) atoms. The van der Waals surface area contributed by atoms with E-state index in [1.165, 1.54) is 31.4 Å². The maximum absolute atomic E-state index is 5.67. The Labute approximate surface area is 90.8 Å². The van der Waals surface area contributed by atoms with E-state index in [-0.39, 0.29) is 0 Å². The smallest absolute Gasteiger partial charge is 0.0994 e. The van der Waals surface area contributed by atoms with Gasteiger partial charge in [0.25, 0.3) is 0 Å². The molecule has 1 aliphatic carbocycles. The van der Waals surface area contributed by atoms with Crippen molar-refractivity contribution in [1.29, 1.82) is 0 Å². The molecular weight excluding hydrogens is 188 g/mol. The summed E-state index contributed by atoms with van der Waals surface area (Å²) in [4.78, 5) is 0. The molecule has 1 saturated carbocycles. The van der Waals surface area contributed by atoms with E-state index in [9.17, 15) is 0 Å². The van der Waals surface area contributed by atoms with Gasteiger partial charge in [0.2, 0.25) is 0 Å². The van der Waals surface area contributed by atoms with Gasteiger partial charge in [-0.05, 0) is 31.6 Å². The highest BCUT2D eigenvalue weighted by Crippen LogP contribution is 2.33. The van der Waals surface area contributed by atoms with Gasteiger partial charge in [-0.15, -0.1) is 5.10 Å². The number of aromatic nitrogens is 3. The molecule has 1 aliphatic rings. The first kappa shape index (κ1) is 10.6. The van der Waals surface area contributed by atoms with Crippen molar-refractivity contribution in [3.63, 3.8) is 0 Å². The predicted molar refractivity (Wildman–Crippen MR) is 59.2 cm³/mol. The second-order valence-corrected chi connectivity index (χ2v) is 4.41. The average Bonchev–Trinajstić information content (AvgIpc) is 2.97. The maximum atomic E-state index is 5.67. The summed E-state index contributed by atoms with van der Waals surface area (Å²) in [5.41, 5.74) is 7.96. The van der Waals surface area contributed by atoms with Gasteiger partial charge in [0.15, 0.2) is 0 Å². The normalized spacial score (nSPS) is 15.9. The summed E-state index contributed by atoms with van der Waals surface area (Å²) >= 11 is 0. The topological polar surface area (TPSA) is 56.7 Å². The van der Waals surface area contributed by atoms with Crippen molar-refractivity contribution < 1.29 is 0 Å². The molecule has 2 N–H and O–H groups in total. The van der Waals surface area contributed by atoms with Crippen LogP contribution in [-0.4, -0.2) is 15.0 Å². The molecule has 1 aromatic rings. The summed E-state index contributed by atoms with van der Waals surface area (Å²) in [5.74, 6) is 0.870. The third-order valence-electron chi connectivity index (χ3n) is 3.01. The predicted octanol–water partition coefficient (Wildman–Crippen LogP) is 1.49. The molecule has 1 fully saturated rings. The minimum atomic E-state index is 0.522. The highest BCUT2D eigenvalue weighted by Gasteiger charge is 2.25. The van der Waals surface area contributed by atoms with Crippen LogP contribution in [0.15, 0.2) is 0 Å². The number of hydrogen-bond acceptors (Lipinski definition) is 3. The number of unbranched alkanes of at least 4 members (excludes halogenated alkanes) is 1. The summed E-state index contributed by atoms with van der Waals surface area (Å²) in [7, 11) is 0. The molecule has 0 aromatic carbocycles. The van der Waals surface area contributed by atoms with E-state index in [1.54, 1.807) is 0 Å². The number of nitrogens with zero attached hydrogens (tertiary/aromatic N) is 3. The fourth-order valence-electron chi connectivity index (χ4n) is 1.83. The van der Waals surface area contributed by atoms with Crippen LogP contribution in [0.3, 0.4) is 0 Å². The summed E-state index contributed by atoms with van der Waals surface area (Å²) in [6.45, 7) is 3.71. The van der Waals surface area contributed by atoms with Crippen LogP contribution < -0.4 is 5.73 Å². The molecule has 0 unspecified atom stereocenters. The van der Waals surface area contributed by atoms with Gasteiger partial charge in [-0.3, -0.25) is 0 Å². The maximum Gasteiger partial charge on any atom is 0.0994 e. The van der Waals surface area contributed by atoms with Crippen molar-refractivity contribution in [2.75, 3.05) is 0 Å². The fourth-order valence-corrected chi connectivity index (χ4v) is 1.83. The second-order valence-electron chi connectivity index (χ2n) is 4.41. The van der Waals surface area contributed by atoms with Gasteiger partial charge in [0, 0.05) is 13.1 Å². The van der Waals surface area contributed by atoms with Crippen LogP contribution in [0, 0.1) is 5.92 Å².